The van der Waals surface area contributed by atoms with E-state index in [0.29, 0.717) is 5.92 Å². The van der Waals surface area contributed by atoms with Gasteiger partial charge in [0.1, 0.15) is 0 Å². The molecule has 0 saturated carbocycles. The molecule has 0 amide bonds. The van der Waals surface area contributed by atoms with E-state index in [9.17, 15) is 0 Å². The van der Waals surface area contributed by atoms with Gasteiger partial charge in [-0.05, 0) is 59.4 Å². The molecule has 1 radical (unpaired) electrons. The van der Waals surface area contributed by atoms with Crippen LogP contribution >= 0.6 is 23.8 Å². The Morgan fingerprint density at radius 1 is 0.921 bits per heavy atom. The number of piperidine rings is 1. The van der Waals surface area contributed by atoms with E-state index in [1.807, 2.05) is 12.3 Å². The molecule has 0 atom stereocenters. The molecule has 5 rings (SSSR count). The van der Waals surface area contributed by atoms with Gasteiger partial charge in [0, 0.05) is 28.0 Å². The largest absolute Gasteiger partial charge is 1.00 e. The zero-order valence-electron chi connectivity index (χ0n) is 22.4. The van der Waals surface area contributed by atoms with Crippen LogP contribution in [0.15, 0.2) is 60.3 Å². The molecule has 1 fully saturated rings. The minimum Gasteiger partial charge on any atom is -0.693 e. The molecule has 0 aromatic heterocycles. The summed E-state index contributed by atoms with van der Waals surface area (Å²) in [6.07, 6.45) is 10.2. The molecule has 0 spiro atoms. The first-order chi connectivity index (χ1) is 17.6. The third-order valence-corrected chi connectivity index (χ3v) is 7.39. The number of hydrogen-bond acceptors (Lipinski definition) is 0. The Kier molecular flexibility index (Phi) is 14.9. The van der Waals surface area contributed by atoms with Crippen LogP contribution in [0.5, 0.6) is 0 Å². The van der Waals surface area contributed by atoms with Crippen molar-refractivity contribution >= 4 is 23.8 Å². The molecule has 0 bridgehead atoms. The van der Waals surface area contributed by atoms with Crippen LogP contribution in [-0.2, 0) is 52.8 Å². The van der Waals surface area contributed by atoms with Crippen LogP contribution in [-0.4, -0.2) is 19.6 Å². The molecule has 38 heavy (non-hydrogen) atoms. The standard InChI is InChI=1S/C31H30N2.2BrH.2Hg.H2N/c1-3-31(4-2)29-21-25(7-5-23-13-17-32-18-14-23)9-11-27(29)28-12-10-26(22-30(28)31)8-6-24-15-19-33-20-16-24;;;;;/h9-14,17,21-22,24H,3-4,15-16,18-20H2,1-2H3;2*1H;;;1H2/q-2;;;+1;+2;-1/p-2. The molecule has 2 N–H and O–H groups in total. The second kappa shape index (κ2) is 16.8. The van der Waals surface area contributed by atoms with Crippen LogP contribution in [0.25, 0.3) is 27.9 Å². The number of rotatable bonds is 2. The molecule has 191 valence electrons. The molecule has 2 aromatic rings. The molecular formula is C31H32Br2Hg2N3-2. The van der Waals surface area contributed by atoms with Crippen LogP contribution in [0.2, 0.25) is 0 Å². The molecule has 0 unspecified atom stereocenters. The van der Waals surface area contributed by atoms with Gasteiger partial charge in [-0.1, -0.05) is 74.7 Å². The summed E-state index contributed by atoms with van der Waals surface area (Å²) in [6, 6.07) is 13.6. The second-order valence-electron chi connectivity index (χ2n) is 9.22. The van der Waals surface area contributed by atoms with Crippen molar-refractivity contribution in [1.82, 2.24) is 0 Å². The fourth-order valence-electron chi connectivity index (χ4n) is 5.39. The number of nitrogens with zero attached hydrogens (tertiary/aromatic N) is 2. The van der Waals surface area contributed by atoms with Crippen molar-refractivity contribution in [2.24, 2.45) is 5.92 Å². The van der Waals surface area contributed by atoms with Crippen molar-refractivity contribution in [2.45, 2.75) is 44.9 Å². The SMILES string of the molecule is CCC1(CC)c2cc(C#CC3=CC[N-]C=C3)ccc2-c2ccc(C#CC3CC[N-]CC3)cc21.[Br][Hg][Br].[Hg+].[NH2-]. The number of allylic oxidation sites excluding steroid dienone is 2. The number of hydrogen-bond donors (Lipinski definition) is 0. The second-order valence-corrected chi connectivity index (χ2v) is 33.0. The maximum atomic E-state index is 4.45. The van der Waals surface area contributed by atoms with E-state index in [2.05, 4.69) is 114 Å². The van der Waals surface area contributed by atoms with E-state index in [4.69, 9.17) is 0 Å². The van der Waals surface area contributed by atoms with Gasteiger partial charge in [-0.25, -0.2) is 0 Å². The minimum atomic E-state index is -0.458. The van der Waals surface area contributed by atoms with Crippen molar-refractivity contribution in [1.29, 1.82) is 0 Å². The molecule has 1 saturated heterocycles. The van der Waals surface area contributed by atoms with Gasteiger partial charge in [0.15, 0.2) is 0 Å². The van der Waals surface area contributed by atoms with Crippen LogP contribution in [0.3, 0.4) is 0 Å². The number of benzene rings is 2. The Morgan fingerprint density at radius 3 is 2.03 bits per heavy atom. The minimum absolute atomic E-state index is 0. The monoisotopic (exact) mass is 1010 g/mol. The third-order valence-electron chi connectivity index (χ3n) is 7.39. The fraction of sp³-hybridized carbons (Fsp3) is 0.355. The quantitative estimate of drug-likeness (QED) is 0.213. The molecule has 3 aliphatic rings. The Hall–Kier alpha value is -0.410. The van der Waals surface area contributed by atoms with Gasteiger partial charge in [-0.3, -0.25) is 0 Å². The van der Waals surface area contributed by atoms with Crippen LogP contribution < -0.4 is 0 Å². The number of halogens is 2. The van der Waals surface area contributed by atoms with Crippen LogP contribution in [0.4, 0.5) is 0 Å². The summed E-state index contributed by atoms with van der Waals surface area (Å²) < 4.78 is 0. The summed E-state index contributed by atoms with van der Waals surface area (Å²) in [5.41, 5.74) is 8.82. The average Bonchev–Trinajstić information content (AvgIpc) is 3.21. The summed E-state index contributed by atoms with van der Waals surface area (Å²) in [6.45, 7) is 7.26. The molecule has 7 heteroatoms. The van der Waals surface area contributed by atoms with E-state index in [1.165, 1.54) is 22.3 Å². The Morgan fingerprint density at radius 2 is 1.50 bits per heavy atom. The maximum Gasteiger partial charge on any atom is 1.00 e. The average molecular weight is 1010 g/mol. The van der Waals surface area contributed by atoms with Crippen molar-refractivity contribution in [3.8, 4) is 34.8 Å². The Labute approximate surface area is 272 Å². The normalized spacial score (nSPS) is 15.9. The number of fused-ring (bicyclic) bond motifs is 3. The van der Waals surface area contributed by atoms with Crippen molar-refractivity contribution in [3.63, 3.8) is 0 Å². The van der Waals surface area contributed by atoms with Gasteiger partial charge in [0.2, 0.25) is 0 Å². The van der Waals surface area contributed by atoms with Crippen LogP contribution in [0.1, 0.15) is 61.8 Å². The molecule has 1 aliphatic carbocycles. The molecule has 2 aliphatic heterocycles. The smallest absolute Gasteiger partial charge is 0.693 e. The summed E-state index contributed by atoms with van der Waals surface area (Å²) >= 11 is 6.11. The zero-order valence-corrected chi connectivity index (χ0v) is 36.5. The Bertz CT molecular complexity index is 1270. The first-order valence-corrected chi connectivity index (χ1v) is 36.6. The van der Waals surface area contributed by atoms with Crippen molar-refractivity contribution < 1.29 is 47.4 Å². The molecule has 2 aromatic carbocycles. The van der Waals surface area contributed by atoms with Crippen molar-refractivity contribution in [2.75, 3.05) is 19.6 Å². The van der Waals surface area contributed by atoms with Crippen LogP contribution in [0, 0.1) is 29.6 Å². The summed E-state index contributed by atoms with van der Waals surface area (Å²) in [7, 11) is 0. The summed E-state index contributed by atoms with van der Waals surface area (Å²) in [5, 5.41) is 8.65. The van der Waals surface area contributed by atoms with E-state index >= 15 is 0 Å². The topological polar surface area (TPSA) is 61.7 Å². The summed E-state index contributed by atoms with van der Waals surface area (Å²) in [4.78, 5) is 0. The maximum absolute atomic E-state index is 4.45. The first-order valence-electron chi connectivity index (χ1n) is 12.8. The molecule has 3 nitrogen and oxygen atoms in total. The van der Waals surface area contributed by atoms with E-state index in [0.717, 1.165) is 62.0 Å². The van der Waals surface area contributed by atoms with E-state index in [1.54, 1.807) is 0 Å². The van der Waals surface area contributed by atoms with Crippen molar-refractivity contribution in [3.05, 3.63) is 99.4 Å². The fourth-order valence-corrected chi connectivity index (χ4v) is 5.39. The van der Waals surface area contributed by atoms with Gasteiger partial charge in [-0.15, -0.1) is 19.6 Å². The zero-order chi connectivity index (χ0) is 25.4. The van der Waals surface area contributed by atoms with Gasteiger partial charge in [-0.2, -0.15) is 6.20 Å². The molecular weight excluding hydrogens is 975 g/mol. The number of nitrogens with two attached hydrogens (primary N) is 1. The predicted octanol–water partition coefficient (Wildman–Crippen LogP) is 9.49. The Balaban J connectivity index is 0.000000969. The molecule has 2 heterocycles. The predicted molar refractivity (Wildman–Crippen MR) is 161 cm³/mol. The van der Waals surface area contributed by atoms with E-state index < -0.39 is 19.7 Å². The first kappa shape index (κ1) is 33.8. The van der Waals surface area contributed by atoms with Gasteiger partial charge in [0.25, 0.3) is 0 Å². The van der Waals surface area contributed by atoms with E-state index in [-0.39, 0.29) is 39.2 Å². The van der Waals surface area contributed by atoms with Gasteiger partial charge in [0.05, 0.1) is 0 Å². The summed E-state index contributed by atoms with van der Waals surface area (Å²) in [5.74, 6) is 14.2. The van der Waals surface area contributed by atoms with Gasteiger partial charge < -0.3 is 16.8 Å². The third kappa shape index (κ3) is 7.86. The van der Waals surface area contributed by atoms with Gasteiger partial charge >= 0.3 is 71.2 Å².